The molecule has 2 heterocycles. The highest BCUT2D eigenvalue weighted by molar-refractivity contribution is 9.10. The fourth-order valence-corrected chi connectivity index (χ4v) is 3.45. The number of nitrogens with zero attached hydrogens (tertiary/aromatic N) is 3. The van der Waals surface area contributed by atoms with Gasteiger partial charge in [0.05, 0.1) is 6.04 Å². The molecule has 0 radical (unpaired) electrons. The maximum absolute atomic E-state index is 12.0. The summed E-state index contributed by atoms with van der Waals surface area (Å²) in [6.45, 7) is 1.64. The average Bonchev–Trinajstić information content (AvgIpc) is 2.84. The first-order valence-corrected chi connectivity index (χ1v) is 7.83. The number of fused-ring (bicyclic) bond motifs is 1. The Morgan fingerprint density at radius 1 is 1.29 bits per heavy atom. The minimum atomic E-state index is -0.216. The molecule has 6 heteroatoms. The van der Waals surface area contributed by atoms with Gasteiger partial charge >= 0.3 is 6.03 Å². The van der Waals surface area contributed by atoms with Gasteiger partial charge in [0.2, 0.25) is 5.91 Å². The van der Waals surface area contributed by atoms with E-state index in [2.05, 4.69) is 33.0 Å². The molecule has 21 heavy (non-hydrogen) atoms. The number of benzene rings is 1. The van der Waals surface area contributed by atoms with Crippen LogP contribution in [-0.4, -0.2) is 55.0 Å². The van der Waals surface area contributed by atoms with E-state index < -0.39 is 0 Å². The van der Waals surface area contributed by atoms with Crippen molar-refractivity contribution in [3.05, 3.63) is 28.2 Å². The lowest BCUT2D eigenvalue weighted by atomic mass is 10.1. The van der Waals surface area contributed by atoms with Gasteiger partial charge in [0.15, 0.2) is 0 Å². The molecule has 1 unspecified atom stereocenters. The van der Waals surface area contributed by atoms with Crippen LogP contribution >= 0.6 is 15.9 Å². The van der Waals surface area contributed by atoms with E-state index in [1.54, 1.807) is 19.0 Å². The Labute approximate surface area is 132 Å². The van der Waals surface area contributed by atoms with E-state index in [1.807, 2.05) is 6.07 Å². The Kier molecular flexibility index (Phi) is 3.65. The summed E-state index contributed by atoms with van der Waals surface area (Å²) < 4.78 is 1.09. The second kappa shape index (κ2) is 5.33. The molecule has 0 bridgehead atoms. The number of anilines is 1. The summed E-state index contributed by atoms with van der Waals surface area (Å²) in [6, 6.07) is 6.00. The van der Waals surface area contributed by atoms with Gasteiger partial charge in [-0.15, -0.1) is 0 Å². The van der Waals surface area contributed by atoms with Crippen molar-refractivity contribution in [2.24, 2.45) is 0 Å². The average molecular weight is 352 g/mol. The monoisotopic (exact) mass is 351 g/mol. The summed E-state index contributed by atoms with van der Waals surface area (Å²) in [4.78, 5) is 29.0. The fourth-order valence-electron chi connectivity index (χ4n) is 3.04. The predicted molar refractivity (Wildman–Crippen MR) is 84.4 cm³/mol. The van der Waals surface area contributed by atoms with Gasteiger partial charge in [-0.1, -0.05) is 15.9 Å². The number of carbonyl (C=O) groups is 2. The van der Waals surface area contributed by atoms with Crippen LogP contribution in [0.3, 0.4) is 0 Å². The van der Waals surface area contributed by atoms with Crippen LogP contribution in [0.5, 0.6) is 0 Å². The molecule has 5 nitrogen and oxygen atoms in total. The molecule has 112 valence electrons. The van der Waals surface area contributed by atoms with Crippen molar-refractivity contribution < 1.29 is 9.59 Å². The Bertz CT molecular complexity index is 605. The predicted octanol–water partition coefficient (Wildman–Crippen LogP) is 2.09. The van der Waals surface area contributed by atoms with E-state index in [0.29, 0.717) is 13.0 Å². The van der Waals surface area contributed by atoms with Crippen molar-refractivity contribution in [3.8, 4) is 0 Å². The molecule has 1 atom stereocenters. The molecule has 1 aromatic rings. The number of imide groups is 1. The standard InChI is InChI=1S/C15H18BrN3O2/c1-17-12(8-14(20)18(2)15(17)21)9-19-6-5-10-7-11(16)3-4-13(10)19/h3-4,7,12H,5-6,8-9H2,1-2H3. The smallest absolute Gasteiger partial charge is 0.326 e. The lowest BCUT2D eigenvalue weighted by Gasteiger charge is -2.38. The lowest BCUT2D eigenvalue weighted by molar-refractivity contribution is -0.130. The van der Waals surface area contributed by atoms with E-state index in [9.17, 15) is 9.59 Å². The van der Waals surface area contributed by atoms with Crippen molar-refractivity contribution in [2.75, 3.05) is 32.1 Å². The summed E-state index contributed by atoms with van der Waals surface area (Å²) in [6.07, 6.45) is 1.40. The first-order chi connectivity index (χ1) is 9.97. The Morgan fingerprint density at radius 3 is 2.81 bits per heavy atom. The van der Waals surface area contributed by atoms with Crippen LogP contribution in [0.1, 0.15) is 12.0 Å². The molecule has 0 aromatic heterocycles. The van der Waals surface area contributed by atoms with Crippen LogP contribution in [0, 0.1) is 0 Å². The summed E-state index contributed by atoms with van der Waals surface area (Å²) >= 11 is 3.49. The normalized spacial score (nSPS) is 22.0. The molecule has 2 aliphatic heterocycles. The van der Waals surface area contributed by atoms with Crippen LogP contribution in [0.25, 0.3) is 0 Å². The molecule has 1 saturated heterocycles. The minimum absolute atomic E-state index is 0.0594. The highest BCUT2D eigenvalue weighted by atomic mass is 79.9. The SMILES string of the molecule is CN1C(=O)CC(CN2CCc3cc(Br)ccc32)N(C)C1=O. The molecule has 0 N–H and O–H groups in total. The molecule has 0 saturated carbocycles. The van der Waals surface area contributed by atoms with Crippen molar-refractivity contribution in [1.82, 2.24) is 9.80 Å². The van der Waals surface area contributed by atoms with Gasteiger partial charge in [0, 0.05) is 43.8 Å². The number of amides is 3. The van der Waals surface area contributed by atoms with Crippen molar-refractivity contribution in [1.29, 1.82) is 0 Å². The maximum Gasteiger partial charge on any atom is 0.326 e. The van der Waals surface area contributed by atoms with Gasteiger partial charge in [-0.25, -0.2) is 4.79 Å². The van der Waals surface area contributed by atoms with Crippen LogP contribution in [0.15, 0.2) is 22.7 Å². The van der Waals surface area contributed by atoms with Crippen LogP contribution in [0.4, 0.5) is 10.5 Å². The lowest BCUT2D eigenvalue weighted by Crippen LogP contribution is -2.56. The molecule has 1 fully saturated rings. The van der Waals surface area contributed by atoms with E-state index >= 15 is 0 Å². The van der Waals surface area contributed by atoms with E-state index in [4.69, 9.17) is 0 Å². The number of likely N-dealkylation sites (N-methyl/N-ethyl adjacent to an activating group) is 1. The van der Waals surface area contributed by atoms with Crippen molar-refractivity contribution in [2.45, 2.75) is 18.9 Å². The zero-order valence-electron chi connectivity index (χ0n) is 12.2. The molecule has 0 aliphatic carbocycles. The van der Waals surface area contributed by atoms with E-state index in [-0.39, 0.29) is 18.0 Å². The number of urea groups is 1. The molecular weight excluding hydrogens is 334 g/mol. The van der Waals surface area contributed by atoms with Gasteiger partial charge in [0.1, 0.15) is 0 Å². The van der Waals surface area contributed by atoms with Gasteiger partial charge < -0.3 is 9.80 Å². The zero-order valence-corrected chi connectivity index (χ0v) is 13.8. The number of rotatable bonds is 2. The number of hydrogen-bond acceptors (Lipinski definition) is 3. The zero-order chi connectivity index (χ0) is 15.1. The molecule has 1 aromatic carbocycles. The quantitative estimate of drug-likeness (QED) is 0.819. The van der Waals surface area contributed by atoms with Crippen LogP contribution < -0.4 is 4.90 Å². The van der Waals surface area contributed by atoms with E-state index in [0.717, 1.165) is 17.4 Å². The van der Waals surface area contributed by atoms with Gasteiger partial charge in [0.25, 0.3) is 0 Å². The third-order valence-electron chi connectivity index (χ3n) is 4.39. The summed E-state index contributed by atoms with van der Waals surface area (Å²) in [5, 5.41) is 0. The molecule has 2 aliphatic rings. The first kappa shape index (κ1) is 14.4. The third-order valence-corrected chi connectivity index (χ3v) is 4.88. The second-order valence-electron chi connectivity index (χ2n) is 5.67. The molecule has 0 spiro atoms. The highest BCUT2D eigenvalue weighted by Crippen LogP contribution is 2.31. The van der Waals surface area contributed by atoms with Crippen molar-refractivity contribution >= 4 is 33.6 Å². The maximum atomic E-state index is 12.0. The Hall–Kier alpha value is -1.56. The van der Waals surface area contributed by atoms with Crippen molar-refractivity contribution in [3.63, 3.8) is 0 Å². The summed E-state index contributed by atoms with van der Waals surface area (Å²) in [5.41, 5.74) is 2.53. The number of halogens is 1. The van der Waals surface area contributed by atoms with Gasteiger partial charge in [-0.05, 0) is 30.2 Å². The third kappa shape index (κ3) is 2.52. The van der Waals surface area contributed by atoms with Crippen LogP contribution in [0.2, 0.25) is 0 Å². The number of hydrogen-bond donors (Lipinski definition) is 0. The molecular formula is C15H18BrN3O2. The Balaban J connectivity index is 1.77. The highest BCUT2D eigenvalue weighted by Gasteiger charge is 2.36. The topological polar surface area (TPSA) is 43.9 Å². The van der Waals surface area contributed by atoms with Gasteiger partial charge in [-0.3, -0.25) is 9.69 Å². The summed E-state index contributed by atoms with van der Waals surface area (Å²) in [5.74, 6) is -0.0988. The largest absolute Gasteiger partial charge is 0.369 e. The Morgan fingerprint density at radius 2 is 2.05 bits per heavy atom. The fraction of sp³-hybridized carbons (Fsp3) is 0.467. The molecule has 3 rings (SSSR count). The van der Waals surface area contributed by atoms with Gasteiger partial charge in [-0.2, -0.15) is 0 Å². The summed E-state index contributed by atoms with van der Waals surface area (Å²) in [7, 11) is 3.31. The number of carbonyl (C=O) groups excluding carboxylic acids is 2. The van der Waals surface area contributed by atoms with Crippen LogP contribution in [-0.2, 0) is 11.2 Å². The second-order valence-corrected chi connectivity index (χ2v) is 6.59. The molecule has 3 amide bonds. The van der Waals surface area contributed by atoms with E-state index in [1.165, 1.54) is 16.2 Å². The minimum Gasteiger partial charge on any atom is -0.369 e. The first-order valence-electron chi connectivity index (χ1n) is 7.04.